The van der Waals surface area contributed by atoms with Crippen LogP contribution in [0.15, 0.2) is 0 Å². The van der Waals surface area contributed by atoms with Crippen LogP contribution in [0.2, 0.25) is 0 Å². The fraction of sp³-hybridized carbons (Fsp3) is 0.500. The predicted molar refractivity (Wildman–Crippen MR) is 40.0 cm³/mol. The van der Waals surface area contributed by atoms with Gasteiger partial charge in [0.25, 0.3) is 0 Å². The van der Waals surface area contributed by atoms with Crippen molar-refractivity contribution in [1.82, 2.24) is 0 Å². The molecule has 0 radical (unpaired) electrons. The Balaban J connectivity index is 2.70. The van der Waals surface area contributed by atoms with Gasteiger partial charge in [0.1, 0.15) is 12.3 Å². The van der Waals surface area contributed by atoms with Gasteiger partial charge in [0.15, 0.2) is 17.3 Å². The summed E-state index contributed by atoms with van der Waals surface area (Å²) in [6.07, 6.45) is -0.619. The zero-order valence-electron chi connectivity index (χ0n) is 6.78. The summed E-state index contributed by atoms with van der Waals surface area (Å²) in [5, 5.41) is 8.27. The Morgan fingerprint density at radius 1 is 1.23 bits per heavy atom. The average Bonchev–Trinajstić information content (AvgIpc) is 2.29. The normalized spacial score (nSPS) is 17.8. The molecule has 5 heteroatoms. The summed E-state index contributed by atoms with van der Waals surface area (Å²) in [6, 6.07) is 0. The van der Waals surface area contributed by atoms with E-state index in [1.165, 1.54) is 0 Å². The van der Waals surface area contributed by atoms with Crippen molar-refractivity contribution in [2.75, 3.05) is 0 Å². The summed E-state index contributed by atoms with van der Waals surface area (Å²) in [6.45, 7) is 0. The summed E-state index contributed by atoms with van der Waals surface area (Å²) in [7, 11) is 0. The molecule has 5 nitrogen and oxygen atoms in total. The van der Waals surface area contributed by atoms with Gasteiger partial charge < -0.3 is 5.11 Å². The Hall–Kier alpha value is -1.52. The molecule has 1 N–H and O–H groups in total. The van der Waals surface area contributed by atoms with Crippen LogP contribution in [-0.2, 0) is 19.2 Å². The van der Waals surface area contributed by atoms with Crippen LogP contribution in [0.5, 0.6) is 0 Å². The van der Waals surface area contributed by atoms with Gasteiger partial charge >= 0.3 is 5.97 Å². The number of Topliss-reactive ketones (excluding diaryl/α,β-unsaturated/α-hetero) is 3. The molecule has 70 valence electrons. The summed E-state index contributed by atoms with van der Waals surface area (Å²) < 4.78 is 0. The molecule has 0 saturated heterocycles. The Morgan fingerprint density at radius 2 is 1.69 bits per heavy atom. The number of carboxylic acid groups (broad SMARTS) is 1. The third kappa shape index (κ3) is 1.99. The highest BCUT2D eigenvalue weighted by Gasteiger charge is 2.38. The number of hydrogen-bond donors (Lipinski definition) is 1. The van der Waals surface area contributed by atoms with Crippen LogP contribution in [0.1, 0.15) is 19.3 Å². The number of carbonyl (C=O) groups is 4. The Morgan fingerprint density at radius 3 is 2.08 bits per heavy atom. The first-order valence-corrected chi connectivity index (χ1v) is 3.82. The van der Waals surface area contributed by atoms with Crippen molar-refractivity contribution >= 4 is 23.3 Å². The molecule has 1 saturated carbocycles. The molecule has 1 rings (SSSR count). The predicted octanol–water partition coefficient (Wildman–Crippen LogP) is -0.422. The van der Waals surface area contributed by atoms with E-state index in [9.17, 15) is 19.2 Å². The molecule has 13 heavy (non-hydrogen) atoms. The second-order valence-corrected chi connectivity index (χ2v) is 2.90. The first-order valence-electron chi connectivity index (χ1n) is 3.82. The van der Waals surface area contributed by atoms with E-state index in [-0.39, 0.29) is 12.8 Å². The number of carboxylic acids is 1. The van der Waals surface area contributed by atoms with Crippen molar-refractivity contribution in [3.05, 3.63) is 0 Å². The van der Waals surface area contributed by atoms with Crippen molar-refractivity contribution in [2.45, 2.75) is 19.3 Å². The second kappa shape index (κ2) is 3.47. The minimum absolute atomic E-state index is 0.0643. The van der Waals surface area contributed by atoms with E-state index in [1.54, 1.807) is 0 Å². The first-order chi connectivity index (χ1) is 6.02. The monoisotopic (exact) mass is 184 g/mol. The number of hydrogen-bond acceptors (Lipinski definition) is 4. The largest absolute Gasteiger partial charge is 0.481 e. The van der Waals surface area contributed by atoms with Gasteiger partial charge in [-0.15, -0.1) is 0 Å². The molecule has 0 spiro atoms. The highest BCUT2D eigenvalue weighted by atomic mass is 16.4. The molecule has 1 aliphatic rings. The van der Waals surface area contributed by atoms with Crippen LogP contribution in [0.25, 0.3) is 0 Å². The van der Waals surface area contributed by atoms with E-state index in [2.05, 4.69) is 0 Å². The van der Waals surface area contributed by atoms with Crippen molar-refractivity contribution in [2.24, 2.45) is 5.92 Å². The molecule has 0 heterocycles. The zero-order chi connectivity index (χ0) is 10.0. The van der Waals surface area contributed by atoms with E-state index in [1.807, 2.05) is 0 Å². The van der Waals surface area contributed by atoms with Crippen molar-refractivity contribution in [1.29, 1.82) is 0 Å². The van der Waals surface area contributed by atoms with Crippen molar-refractivity contribution < 1.29 is 24.3 Å². The first kappa shape index (κ1) is 9.57. The zero-order valence-corrected chi connectivity index (χ0v) is 6.78. The van der Waals surface area contributed by atoms with E-state index >= 15 is 0 Å². The lowest BCUT2D eigenvalue weighted by Crippen LogP contribution is -2.26. The Kier molecular flexibility index (Phi) is 2.55. The van der Waals surface area contributed by atoms with E-state index in [0.29, 0.717) is 0 Å². The maximum Gasteiger partial charge on any atom is 0.310 e. The van der Waals surface area contributed by atoms with Gasteiger partial charge in [-0.3, -0.25) is 19.2 Å². The maximum absolute atomic E-state index is 11.1. The molecule has 1 aliphatic carbocycles. The Labute approximate surface area is 73.7 Å². The SMILES string of the molecule is O=C(O)CC(=O)C1C(=O)CCC1=O. The quantitative estimate of drug-likeness (QED) is 0.601. The van der Waals surface area contributed by atoms with Crippen LogP contribution in [0.4, 0.5) is 0 Å². The standard InChI is InChI=1S/C8H8O5/c9-4-1-2-5(10)8(4)6(11)3-7(12)13/h8H,1-3H2,(H,12,13). The molecule has 0 unspecified atom stereocenters. The minimum atomic E-state index is -1.31. The van der Waals surface area contributed by atoms with Gasteiger partial charge in [-0.2, -0.15) is 0 Å². The van der Waals surface area contributed by atoms with Gasteiger partial charge in [0.05, 0.1) is 0 Å². The second-order valence-electron chi connectivity index (χ2n) is 2.90. The van der Waals surface area contributed by atoms with Gasteiger partial charge in [-0.25, -0.2) is 0 Å². The molecule has 0 aromatic rings. The molecule has 0 aliphatic heterocycles. The fourth-order valence-electron chi connectivity index (χ4n) is 1.32. The number of carbonyl (C=O) groups excluding carboxylic acids is 3. The number of ketones is 3. The molecule has 1 fully saturated rings. The lowest BCUT2D eigenvalue weighted by atomic mass is 9.98. The number of rotatable bonds is 3. The van der Waals surface area contributed by atoms with E-state index in [0.717, 1.165) is 0 Å². The molecule has 0 atom stereocenters. The van der Waals surface area contributed by atoms with E-state index < -0.39 is 35.7 Å². The van der Waals surface area contributed by atoms with Crippen molar-refractivity contribution in [3.8, 4) is 0 Å². The molecule has 0 aromatic heterocycles. The summed E-state index contributed by atoms with van der Waals surface area (Å²) >= 11 is 0. The number of aliphatic carboxylic acids is 1. The lowest BCUT2D eigenvalue weighted by molar-refractivity contribution is -0.142. The highest BCUT2D eigenvalue weighted by Crippen LogP contribution is 2.19. The van der Waals surface area contributed by atoms with Gasteiger partial charge in [-0.1, -0.05) is 0 Å². The van der Waals surface area contributed by atoms with Crippen LogP contribution < -0.4 is 0 Å². The molecule has 0 bridgehead atoms. The van der Waals surface area contributed by atoms with Crippen LogP contribution in [0, 0.1) is 5.92 Å². The maximum atomic E-state index is 11.1. The fourth-order valence-corrected chi connectivity index (χ4v) is 1.32. The van der Waals surface area contributed by atoms with E-state index in [4.69, 9.17) is 5.11 Å². The van der Waals surface area contributed by atoms with Crippen LogP contribution >= 0.6 is 0 Å². The summed E-state index contributed by atoms with van der Waals surface area (Å²) in [5.74, 6) is -4.29. The van der Waals surface area contributed by atoms with Gasteiger partial charge in [0, 0.05) is 12.8 Å². The molecular formula is C8H8O5. The highest BCUT2D eigenvalue weighted by molar-refractivity contribution is 6.25. The van der Waals surface area contributed by atoms with Gasteiger partial charge in [-0.05, 0) is 0 Å². The Bertz CT molecular complexity index is 275. The molecule has 0 amide bonds. The minimum Gasteiger partial charge on any atom is -0.481 e. The topological polar surface area (TPSA) is 88.5 Å². The average molecular weight is 184 g/mol. The summed E-state index contributed by atoms with van der Waals surface area (Å²) in [4.78, 5) is 43.1. The summed E-state index contributed by atoms with van der Waals surface area (Å²) in [5.41, 5.74) is 0. The lowest BCUT2D eigenvalue weighted by Gasteiger charge is -2.01. The van der Waals surface area contributed by atoms with Crippen molar-refractivity contribution in [3.63, 3.8) is 0 Å². The molecular weight excluding hydrogens is 176 g/mol. The smallest absolute Gasteiger partial charge is 0.310 e. The van der Waals surface area contributed by atoms with Crippen LogP contribution in [0.3, 0.4) is 0 Å². The third-order valence-corrected chi connectivity index (χ3v) is 1.91. The van der Waals surface area contributed by atoms with Crippen LogP contribution in [-0.4, -0.2) is 28.4 Å². The van der Waals surface area contributed by atoms with Gasteiger partial charge in [0.2, 0.25) is 0 Å². The third-order valence-electron chi connectivity index (χ3n) is 1.91. The molecule has 0 aromatic carbocycles.